The van der Waals surface area contributed by atoms with E-state index < -0.39 is 17.9 Å². The van der Waals surface area contributed by atoms with Gasteiger partial charge >= 0.3 is 6.18 Å². The van der Waals surface area contributed by atoms with Crippen LogP contribution in [-0.4, -0.2) is 37.0 Å². The second-order valence-electron chi connectivity index (χ2n) is 4.14. The van der Waals surface area contributed by atoms with E-state index in [-0.39, 0.29) is 6.54 Å². The van der Waals surface area contributed by atoms with Crippen molar-refractivity contribution in [2.75, 3.05) is 20.1 Å². The number of likely N-dealkylation sites (N-methyl/N-ethyl adjacent to an activating group) is 1. The van der Waals surface area contributed by atoms with E-state index in [1.807, 2.05) is 17.5 Å². The molecule has 3 nitrogen and oxygen atoms in total. The highest BCUT2D eigenvalue weighted by Gasteiger charge is 2.42. The van der Waals surface area contributed by atoms with Crippen LogP contribution in [0.25, 0.3) is 0 Å². The molecule has 0 aliphatic heterocycles. The molecule has 0 saturated heterocycles. The number of nitrogens with one attached hydrogen (secondary N) is 1. The first-order valence-electron chi connectivity index (χ1n) is 5.42. The molecule has 0 aromatic carbocycles. The molecule has 1 atom stereocenters. The average molecular weight is 279 g/mol. The van der Waals surface area contributed by atoms with Crippen LogP contribution in [0.4, 0.5) is 13.2 Å². The summed E-state index contributed by atoms with van der Waals surface area (Å²) in [6, 6.07) is 3.86. The molecule has 1 heterocycles. The average Bonchev–Trinajstić information content (AvgIpc) is 2.73. The second kappa shape index (κ2) is 6.19. The van der Waals surface area contributed by atoms with Gasteiger partial charge in [0.05, 0.1) is 0 Å². The molecule has 0 radical (unpaired) electrons. The lowest BCUT2D eigenvalue weighted by atomic mass is 10.1. The Bertz CT molecular complexity index is 375. The van der Waals surface area contributed by atoms with Gasteiger partial charge in [-0.3, -0.25) is 5.41 Å². The number of amidine groups is 1. The van der Waals surface area contributed by atoms with Crippen LogP contribution >= 0.6 is 11.3 Å². The van der Waals surface area contributed by atoms with Crippen molar-refractivity contribution in [1.82, 2.24) is 4.90 Å². The van der Waals surface area contributed by atoms with E-state index in [0.29, 0.717) is 13.0 Å². The summed E-state index contributed by atoms with van der Waals surface area (Å²) in [5.74, 6) is -2.71. The van der Waals surface area contributed by atoms with Crippen LogP contribution in [-0.2, 0) is 6.42 Å². The fourth-order valence-corrected chi connectivity index (χ4v) is 2.24. The maximum atomic E-state index is 12.6. The van der Waals surface area contributed by atoms with Gasteiger partial charge in [-0.05, 0) is 24.9 Å². The van der Waals surface area contributed by atoms with Crippen molar-refractivity contribution < 1.29 is 13.2 Å². The summed E-state index contributed by atoms with van der Waals surface area (Å²) in [5.41, 5.74) is 5.00. The van der Waals surface area contributed by atoms with Gasteiger partial charge in [0.1, 0.15) is 11.8 Å². The molecule has 3 N–H and O–H groups in total. The number of hydrogen-bond donors (Lipinski definition) is 2. The molecule has 102 valence electrons. The zero-order chi connectivity index (χ0) is 13.8. The molecule has 0 aliphatic carbocycles. The van der Waals surface area contributed by atoms with Crippen LogP contribution in [0.5, 0.6) is 0 Å². The fourth-order valence-electron chi connectivity index (χ4n) is 1.54. The molecule has 0 aliphatic rings. The molecule has 0 amide bonds. The minimum absolute atomic E-state index is 0.274. The Morgan fingerprint density at radius 3 is 2.67 bits per heavy atom. The highest BCUT2D eigenvalue weighted by Crippen LogP contribution is 2.26. The quantitative estimate of drug-likeness (QED) is 0.620. The number of halogens is 3. The molecule has 1 aromatic heterocycles. The lowest BCUT2D eigenvalue weighted by molar-refractivity contribution is -0.159. The zero-order valence-electron chi connectivity index (χ0n) is 10.00. The lowest BCUT2D eigenvalue weighted by Crippen LogP contribution is -2.43. The number of nitrogens with zero attached hydrogens (tertiary/aromatic N) is 1. The fraction of sp³-hybridized carbons (Fsp3) is 0.545. The van der Waals surface area contributed by atoms with Crippen molar-refractivity contribution in [1.29, 1.82) is 5.41 Å². The third kappa shape index (κ3) is 4.66. The minimum atomic E-state index is -4.46. The van der Waals surface area contributed by atoms with Gasteiger partial charge in [0.2, 0.25) is 0 Å². The van der Waals surface area contributed by atoms with Crippen molar-refractivity contribution in [2.45, 2.75) is 12.6 Å². The maximum absolute atomic E-state index is 12.6. The zero-order valence-corrected chi connectivity index (χ0v) is 10.8. The lowest BCUT2D eigenvalue weighted by Gasteiger charge is -2.24. The van der Waals surface area contributed by atoms with E-state index in [0.717, 1.165) is 4.88 Å². The number of hydrogen-bond acceptors (Lipinski definition) is 3. The van der Waals surface area contributed by atoms with Crippen LogP contribution in [0.3, 0.4) is 0 Å². The maximum Gasteiger partial charge on any atom is 0.399 e. The summed E-state index contributed by atoms with van der Waals surface area (Å²) in [6.07, 6.45) is -3.75. The molecule has 1 unspecified atom stereocenters. The monoisotopic (exact) mass is 279 g/mol. The van der Waals surface area contributed by atoms with Gasteiger partial charge in [-0.15, -0.1) is 11.3 Å². The van der Waals surface area contributed by atoms with Crippen LogP contribution in [0.15, 0.2) is 17.5 Å². The van der Waals surface area contributed by atoms with E-state index in [9.17, 15) is 13.2 Å². The number of rotatable bonds is 6. The Morgan fingerprint density at radius 2 is 2.22 bits per heavy atom. The Balaban J connectivity index is 2.46. The normalized spacial score (nSPS) is 13.8. The smallest absolute Gasteiger partial charge is 0.387 e. The van der Waals surface area contributed by atoms with Crippen molar-refractivity contribution in [3.05, 3.63) is 22.4 Å². The topological polar surface area (TPSA) is 53.1 Å². The molecular weight excluding hydrogens is 263 g/mol. The first-order chi connectivity index (χ1) is 8.30. The van der Waals surface area contributed by atoms with Crippen molar-refractivity contribution in [3.63, 3.8) is 0 Å². The van der Waals surface area contributed by atoms with E-state index in [4.69, 9.17) is 11.1 Å². The summed E-state index contributed by atoms with van der Waals surface area (Å²) in [7, 11) is 1.61. The molecule has 0 spiro atoms. The molecule has 1 rings (SSSR count). The van der Waals surface area contributed by atoms with Gasteiger partial charge in [0.15, 0.2) is 0 Å². The summed E-state index contributed by atoms with van der Waals surface area (Å²) >= 11 is 1.58. The number of thiophene rings is 1. The predicted molar refractivity (Wildman–Crippen MR) is 67.0 cm³/mol. The third-order valence-electron chi connectivity index (χ3n) is 2.58. The van der Waals surface area contributed by atoms with Crippen molar-refractivity contribution in [3.8, 4) is 0 Å². The van der Waals surface area contributed by atoms with Crippen molar-refractivity contribution in [2.24, 2.45) is 11.7 Å². The molecule has 1 aromatic rings. The highest BCUT2D eigenvalue weighted by atomic mass is 32.1. The summed E-state index contributed by atoms with van der Waals surface area (Å²) in [5, 5.41) is 8.94. The van der Waals surface area contributed by atoms with Gasteiger partial charge in [-0.1, -0.05) is 6.07 Å². The minimum Gasteiger partial charge on any atom is -0.387 e. The van der Waals surface area contributed by atoms with Gasteiger partial charge < -0.3 is 10.6 Å². The van der Waals surface area contributed by atoms with Crippen LogP contribution in [0.2, 0.25) is 0 Å². The molecular formula is C11H16F3N3S. The number of nitrogens with two attached hydrogens (primary N) is 1. The first kappa shape index (κ1) is 15.0. The standard InChI is InChI=1S/C11H16F3N3S/c1-17(5-4-8-3-2-6-18-8)7-9(10(15)16)11(12,13)14/h2-3,6,9H,4-5,7H2,1H3,(H3,15,16). The first-order valence-corrected chi connectivity index (χ1v) is 6.30. The van der Waals surface area contributed by atoms with Crippen LogP contribution in [0.1, 0.15) is 4.88 Å². The summed E-state index contributed by atoms with van der Waals surface area (Å²) in [4.78, 5) is 2.69. The predicted octanol–water partition coefficient (Wildman–Crippen LogP) is 2.34. The van der Waals surface area contributed by atoms with E-state index in [2.05, 4.69) is 0 Å². The van der Waals surface area contributed by atoms with E-state index in [1.54, 1.807) is 23.3 Å². The second-order valence-corrected chi connectivity index (χ2v) is 5.17. The molecule has 7 heteroatoms. The Morgan fingerprint density at radius 1 is 1.56 bits per heavy atom. The van der Waals surface area contributed by atoms with Gasteiger partial charge in [0, 0.05) is 18.0 Å². The van der Waals surface area contributed by atoms with Gasteiger partial charge in [-0.25, -0.2) is 0 Å². The SMILES string of the molecule is CN(CCc1cccs1)CC(C(=N)N)C(F)(F)F. The third-order valence-corrected chi connectivity index (χ3v) is 3.52. The Labute approximate surface area is 108 Å². The Hall–Kier alpha value is -1.08. The number of alkyl halides is 3. The summed E-state index contributed by atoms with van der Waals surface area (Å²) in [6.45, 7) is 0.241. The molecule has 0 fully saturated rings. The summed E-state index contributed by atoms with van der Waals surface area (Å²) < 4.78 is 37.8. The van der Waals surface area contributed by atoms with E-state index >= 15 is 0 Å². The largest absolute Gasteiger partial charge is 0.399 e. The van der Waals surface area contributed by atoms with E-state index in [1.165, 1.54) is 0 Å². The highest BCUT2D eigenvalue weighted by molar-refractivity contribution is 7.09. The van der Waals surface area contributed by atoms with Gasteiger partial charge in [-0.2, -0.15) is 13.2 Å². The van der Waals surface area contributed by atoms with Crippen molar-refractivity contribution >= 4 is 17.2 Å². The van der Waals surface area contributed by atoms with Crippen LogP contribution in [0, 0.1) is 11.3 Å². The molecule has 18 heavy (non-hydrogen) atoms. The molecule has 0 saturated carbocycles. The van der Waals surface area contributed by atoms with Crippen LogP contribution < -0.4 is 5.73 Å². The van der Waals surface area contributed by atoms with Gasteiger partial charge in [0.25, 0.3) is 0 Å². The Kier molecular flexibility index (Phi) is 5.15. The molecule has 0 bridgehead atoms.